The molecule has 6 rings (SSSR count). The highest BCUT2D eigenvalue weighted by atomic mass is 35.5. The maximum Gasteiger partial charge on any atom is 0.241 e. The van der Waals surface area contributed by atoms with Crippen LogP contribution in [-0.4, -0.2) is 49.5 Å². The SMILES string of the molecule is O=S(=O)(N[C@@H]1c2cccc3cccc(c23)[C@@H]1N1CCN(C(=S)Nc2ccccc2)CC1)c1ccc(Cl)cc1. The molecular weight excluding hydrogens is 536 g/mol. The van der Waals surface area contributed by atoms with Crippen LogP contribution in [0.25, 0.3) is 10.8 Å². The van der Waals surface area contributed by atoms with Gasteiger partial charge in [-0.25, -0.2) is 13.1 Å². The summed E-state index contributed by atoms with van der Waals surface area (Å²) in [5.74, 6) is 0. The summed E-state index contributed by atoms with van der Waals surface area (Å²) < 4.78 is 30.1. The predicted octanol–water partition coefficient (Wildman–Crippen LogP) is 5.58. The summed E-state index contributed by atoms with van der Waals surface area (Å²) in [7, 11) is -3.78. The van der Waals surface area contributed by atoms with Crippen molar-refractivity contribution in [1.82, 2.24) is 14.5 Å². The minimum atomic E-state index is -3.78. The van der Waals surface area contributed by atoms with Crippen molar-refractivity contribution >= 4 is 55.4 Å². The molecule has 194 valence electrons. The predicted molar refractivity (Wildman–Crippen MR) is 157 cm³/mol. The van der Waals surface area contributed by atoms with E-state index in [1.807, 2.05) is 42.5 Å². The van der Waals surface area contributed by atoms with E-state index in [1.54, 1.807) is 24.3 Å². The summed E-state index contributed by atoms with van der Waals surface area (Å²) in [6.45, 7) is 3.01. The van der Waals surface area contributed by atoms with Gasteiger partial charge < -0.3 is 10.2 Å². The largest absolute Gasteiger partial charge is 0.346 e. The smallest absolute Gasteiger partial charge is 0.241 e. The molecule has 2 aliphatic rings. The molecule has 0 aromatic heterocycles. The Kier molecular flexibility index (Phi) is 6.84. The van der Waals surface area contributed by atoms with E-state index in [0.717, 1.165) is 53.8 Å². The highest BCUT2D eigenvalue weighted by Crippen LogP contribution is 2.47. The van der Waals surface area contributed by atoms with E-state index in [2.05, 4.69) is 44.1 Å². The Morgan fingerprint density at radius 3 is 2.16 bits per heavy atom. The molecule has 0 spiro atoms. The van der Waals surface area contributed by atoms with Crippen LogP contribution in [0.5, 0.6) is 0 Å². The maximum absolute atomic E-state index is 13.5. The van der Waals surface area contributed by atoms with Crippen molar-refractivity contribution in [2.24, 2.45) is 0 Å². The third-order valence-electron chi connectivity index (χ3n) is 7.36. The Labute approximate surface area is 233 Å². The quantitative estimate of drug-likeness (QED) is 0.310. The summed E-state index contributed by atoms with van der Waals surface area (Å²) in [5, 5.41) is 6.77. The number of piperazine rings is 1. The molecular formula is C29H27ClN4O2S2. The number of para-hydroxylation sites is 1. The van der Waals surface area contributed by atoms with Crippen molar-refractivity contribution in [2.45, 2.75) is 17.0 Å². The van der Waals surface area contributed by atoms with Gasteiger partial charge in [-0.15, -0.1) is 0 Å². The number of nitrogens with one attached hydrogen (secondary N) is 2. The van der Waals surface area contributed by atoms with Gasteiger partial charge in [0.05, 0.1) is 17.0 Å². The fraction of sp³-hybridized carbons (Fsp3) is 0.207. The lowest BCUT2D eigenvalue weighted by Crippen LogP contribution is -2.52. The van der Waals surface area contributed by atoms with Crippen LogP contribution in [0, 0.1) is 0 Å². The van der Waals surface area contributed by atoms with Gasteiger partial charge in [0.1, 0.15) is 0 Å². The molecule has 4 aromatic carbocycles. The van der Waals surface area contributed by atoms with Crippen LogP contribution in [-0.2, 0) is 10.0 Å². The molecule has 38 heavy (non-hydrogen) atoms. The van der Waals surface area contributed by atoms with Gasteiger partial charge >= 0.3 is 0 Å². The van der Waals surface area contributed by atoms with Crippen molar-refractivity contribution in [3.05, 3.63) is 107 Å². The lowest BCUT2D eigenvalue weighted by Gasteiger charge is -2.41. The van der Waals surface area contributed by atoms with Crippen molar-refractivity contribution < 1.29 is 8.42 Å². The van der Waals surface area contributed by atoms with Crippen LogP contribution >= 0.6 is 23.8 Å². The summed E-state index contributed by atoms with van der Waals surface area (Å²) in [6.07, 6.45) is 0. The summed E-state index contributed by atoms with van der Waals surface area (Å²) >= 11 is 11.7. The number of hydrogen-bond acceptors (Lipinski definition) is 4. The van der Waals surface area contributed by atoms with Crippen LogP contribution in [0.3, 0.4) is 0 Å². The highest BCUT2D eigenvalue weighted by molar-refractivity contribution is 7.89. The molecule has 1 heterocycles. The van der Waals surface area contributed by atoms with Gasteiger partial charge in [0, 0.05) is 36.9 Å². The number of halogens is 1. The van der Waals surface area contributed by atoms with E-state index >= 15 is 0 Å². The minimum absolute atomic E-state index is 0.129. The summed E-state index contributed by atoms with van der Waals surface area (Å²) in [6, 6.07) is 28.1. The first kappa shape index (κ1) is 25.3. The normalized spacial score (nSPS) is 19.6. The van der Waals surface area contributed by atoms with Crippen molar-refractivity contribution in [2.75, 3.05) is 31.5 Å². The van der Waals surface area contributed by atoms with Crippen LogP contribution in [0.2, 0.25) is 5.02 Å². The molecule has 1 fully saturated rings. The monoisotopic (exact) mass is 562 g/mol. The number of benzene rings is 4. The number of thiocarbonyl (C=S) groups is 1. The molecule has 0 amide bonds. The zero-order valence-electron chi connectivity index (χ0n) is 20.5. The lowest BCUT2D eigenvalue weighted by molar-refractivity contribution is 0.117. The number of rotatable bonds is 5. The fourth-order valence-electron chi connectivity index (χ4n) is 5.57. The molecule has 9 heteroatoms. The Morgan fingerprint density at radius 1 is 0.816 bits per heavy atom. The fourth-order valence-corrected chi connectivity index (χ4v) is 7.21. The molecule has 0 unspecified atom stereocenters. The first-order chi connectivity index (χ1) is 18.4. The summed E-state index contributed by atoms with van der Waals surface area (Å²) in [5.41, 5.74) is 3.12. The van der Waals surface area contributed by atoms with Crippen molar-refractivity contribution in [3.63, 3.8) is 0 Å². The Hall–Kier alpha value is -3.01. The van der Waals surface area contributed by atoms with Crippen LogP contribution < -0.4 is 10.0 Å². The number of hydrogen-bond donors (Lipinski definition) is 2. The second kappa shape index (κ2) is 10.3. The second-order valence-electron chi connectivity index (χ2n) is 9.61. The van der Waals surface area contributed by atoms with E-state index in [1.165, 1.54) is 0 Å². The van der Waals surface area contributed by atoms with Crippen molar-refractivity contribution in [3.8, 4) is 0 Å². The molecule has 1 aliphatic heterocycles. The third-order valence-corrected chi connectivity index (χ3v) is 9.43. The lowest BCUT2D eigenvalue weighted by atomic mass is 10.0. The molecule has 0 bridgehead atoms. The average molecular weight is 563 g/mol. The highest BCUT2D eigenvalue weighted by Gasteiger charge is 2.41. The van der Waals surface area contributed by atoms with Gasteiger partial charge in [-0.05, 0) is 70.5 Å². The molecule has 2 N–H and O–H groups in total. The molecule has 0 saturated carbocycles. The van der Waals surface area contributed by atoms with Gasteiger partial charge in [0.15, 0.2) is 5.11 Å². The van der Waals surface area contributed by atoms with E-state index in [9.17, 15) is 8.42 Å². The van der Waals surface area contributed by atoms with Crippen LogP contribution in [0.1, 0.15) is 23.2 Å². The average Bonchev–Trinajstić information content (AvgIpc) is 3.24. The van der Waals surface area contributed by atoms with E-state index < -0.39 is 16.1 Å². The number of anilines is 1. The molecule has 2 atom stereocenters. The van der Waals surface area contributed by atoms with Gasteiger partial charge in [-0.3, -0.25) is 4.90 Å². The Bertz CT molecular complexity index is 1580. The van der Waals surface area contributed by atoms with Gasteiger partial charge in [0.2, 0.25) is 10.0 Å². The van der Waals surface area contributed by atoms with Gasteiger partial charge in [-0.1, -0.05) is 66.2 Å². The molecule has 1 aliphatic carbocycles. The zero-order chi connectivity index (χ0) is 26.3. The number of nitrogens with zero attached hydrogens (tertiary/aromatic N) is 2. The van der Waals surface area contributed by atoms with Gasteiger partial charge in [0.25, 0.3) is 0 Å². The first-order valence-electron chi connectivity index (χ1n) is 12.6. The third kappa shape index (κ3) is 4.79. The maximum atomic E-state index is 13.5. The topological polar surface area (TPSA) is 64.7 Å². The van der Waals surface area contributed by atoms with E-state index in [4.69, 9.17) is 23.8 Å². The van der Waals surface area contributed by atoms with Gasteiger partial charge in [-0.2, -0.15) is 0 Å². The second-order valence-corrected chi connectivity index (χ2v) is 12.1. The minimum Gasteiger partial charge on any atom is -0.346 e. The molecule has 0 radical (unpaired) electrons. The number of sulfonamides is 1. The zero-order valence-corrected chi connectivity index (χ0v) is 22.9. The first-order valence-corrected chi connectivity index (χ1v) is 14.8. The summed E-state index contributed by atoms with van der Waals surface area (Å²) in [4.78, 5) is 4.76. The molecule has 4 aromatic rings. The van der Waals surface area contributed by atoms with Crippen molar-refractivity contribution in [1.29, 1.82) is 0 Å². The molecule has 6 nitrogen and oxygen atoms in total. The molecule has 1 saturated heterocycles. The van der Waals surface area contributed by atoms with Crippen LogP contribution in [0.4, 0.5) is 5.69 Å². The standard InChI is InChI=1S/C29H27ClN4O2S2/c30-21-12-14-23(15-13-21)38(35,36)32-27-24-10-4-6-20-7-5-11-25(26(20)24)28(27)33-16-18-34(19-17-33)29(37)31-22-8-2-1-3-9-22/h1-15,27-28,32H,16-19H2,(H,31,37)/t27-,28+/m1/s1. The Morgan fingerprint density at radius 2 is 1.47 bits per heavy atom. The van der Waals surface area contributed by atoms with Crippen LogP contribution in [0.15, 0.2) is 95.9 Å². The van der Waals surface area contributed by atoms with E-state index in [0.29, 0.717) is 10.1 Å². The Balaban J connectivity index is 1.27. The van der Waals surface area contributed by atoms with E-state index in [-0.39, 0.29) is 10.9 Å².